The van der Waals surface area contributed by atoms with E-state index in [2.05, 4.69) is 41.8 Å². The van der Waals surface area contributed by atoms with Crippen molar-refractivity contribution in [3.63, 3.8) is 0 Å². The normalized spacial score (nSPS) is 19.1. The summed E-state index contributed by atoms with van der Waals surface area (Å²) in [5, 5.41) is 6.28. The summed E-state index contributed by atoms with van der Waals surface area (Å²) in [5.74, 6) is 0.00957. The Bertz CT molecular complexity index is 887. The number of anilines is 1. The van der Waals surface area contributed by atoms with Gasteiger partial charge in [0, 0.05) is 44.0 Å². The summed E-state index contributed by atoms with van der Waals surface area (Å²) in [6.07, 6.45) is 1.90. The second-order valence-corrected chi connectivity index (χ2v) is 7.60. The highest BCUT2D eigenvalue weighted by Crippen LogP contribution is 2.26. The second kappa shape index (κ2) is 9.96. The summed E-state index contributed by atoms with van der Waals surface area (Å²) in [5.41, 5.74) is 3.84. The summed E-state index contributed by atoms with van der Waals surface area (Å²) in [4.78, 5) is 29.2. The lowest BCUT2D eigenvalue weighted by atomic mass is 10.00. The Hall–Kier alpha value is -2.57. The highest BCUT2D eigenvalue weighted by Gasteiger charge is 2.29. The topological polar surface area (TPSA) is 64.7 Å². The third-order valence-corrected chi connectivity index (χ3v) is 5.76. The van der Waals surface area contributed by atoms with Gasteiger partial charge >= 0.3 is 6.03 Å². The first-order valence-electron chi connectivity index (χ1n) is 10.4. The lowest BCUT2D eigenvalue weighted by Crippen LogP contribution is -2.49. The SMILES string of the molecule is CCc1ccc(C2CNCCN2C(=O)c2cccc(N3CCCNC3=O)c2)cc1.Cl. The van der Waals surface area contributed by atoms with Crippen LogP contribution in [0.2, 0.25) is 0 Å². The smallest absolute Gasteiger partial charge is 0.321 e. The Morgan fingerprint density at radius 1 is 1.10 bits per heavy atom. The van der Waals surface area contributed by atoms with E-state index in [1.807, 2.05) is 29.2 Å². The van der Waals surface area contributed by atoms with Crippen molar-refractivity contribution in [3.05, 3.63) is 65.2 Å². The largest absolute Gasteiger partial charge is 0.338 e. The monoisotopic (exact) mass is 428 g/mol. The van der Waals surface area contributed by atoms with E-state index >= 15 is 0 Å². The summed E-state index contributed by atoms with van der Waals surface area (Å²) in [7, 11) is 0. The number of halogens is 1. The molecule has 1 unspecified atom stereocenters. The van der Waals surface area contributed by atoms with Gasteiger partial charge in [-0.15, -0.1) is 12.4 Å². The van der Waals surface area contributed by atoms with Gasteiger partial charge in [0.2, 0.25) is 0 Å². The molecule has 2 heterocycles. The molecule has 2 fully saturated rings. The molecule has 0 bridgehead atoms. The highest BCUT2D eigenvalue weighted by atomic mass is 35.5. The average Bonchev–Trinajstić information content (AvgIpc) is 2.79. The molecule has 0 saturated carbocycles. The van der Waals surface area contributed by atoms with Crippen molar-refractivity contribution < 1.29 is 9.59 Å². The molecule has 2 saturated heterocycles. The number of carbonyl (C=O) groups is 2. The van der Waals surface area contributed by atoms with Crippen LogP contribution in [-0.2, 0) is 6.42 Å². The third-order valence-electron chi connectivity index (χ3n) is 5.76. The van der Waals surface area contributed by atoms with E-state index in [4.69, 9.17) is 0 Å². The molecule has 2 N–H and O–H groups in total. The molecule has 3 amide bonds. The maximum atomic E-state index is 13.4. The molecular formula is C23H29ClN4O2. The Labute approximate surface area is 184 Å². The minimum Gasteiger partial charge on any atom is -0.338 e. The maximum Gasteiger partial charge on any atom is 0.321 e. The van der Waals surface area contributed by atoms with Crippen molar-refractivity contribution in [2.75, 3.05) is 37.6 Å². The van der Waals surface area contributed by atoms with Gasteiger partial charge in [0.25, 0.3) is 5.91 Å². The van der Waals surface area contributed by atoms with E-state index < -0.39 is 0 Å². The minimum atomic E-state index is -0.100. The van der Waals surface area contributed by atoms with Crippen molar-refractivity contribution in [2.45, 2.75) is 25.8 Å². The molecule has 1 atom stereocenters. The number of hydrogen-bond donors (Lipinski definition) is 2. The van der Waals surface area contributed by atoms with Crippen LogP contribution in [0.25, 0.3) is 0 Å². The number of hydrogen-bond acceptors (Lipinski definition) is 3. The van der Waals surface area contributed by atoms with E-state index in [1.54, 1.807) is 4.90 Å². The van der Waals surface area contributed by atoms with Crippen LogP contribution in [0, 0.1) is 0 Å². The molecule has 30 heavy (non-hydrogen) atoms. The van der Waals surface area contributed by atoms with Crippen LogP contribution in [0.5, 0.6) is 0 Å². The molecule has 6 nitrogen and oxygen atoms in total. The Morgan fingerprint density at radius 2 is 1.90 bits per heavy atom. The quantitative estimate of drug-likeness (QED) is 0.784. The molecule has 2 aliphatic heterocycles. The average molecular weight is 429 g/mol. The van der Waals surface area contributed by atoms with Gasteiger partial charge in [0.1, 0.15) is 0 Å². The van der Waals surface area contributed by atoms with E-state index in [9.17, 15) is 9.59 Å². The number of rotatable bonds is 4. The molecule has 0 aliphatic carbocycles. The van der Waals surface area contributed by atoms with E-state index in [0.717, 1.165) is 37.2 Å². The van der Waals surface area contributed by atoms with Crippen molar-refractivity contribution in [3.8, 4) is 0 Å². The van der Waals surface area contributed by atoms with Gasteiger partial charge in [-0.25, -0.2) is 4.79 Å². The molecular weight excluding hydrogens is 400 g/mol. The first kappa shape index (κ1) is 22.1. The summed E-state index contributed by atoms with van der Waals surface area (Å²) in [6.45, 7) is 5.70. The summed E-state index contributed by atoms with van der Waals surface area (Å²) < 4.78 is 0. The van der Waals surface area contributed by atoms with Gasteiger partial charge in [-0.2, -0.15) is 0 Å². The zero-order chi connectivity index (χ0) is 20.2. The van der Waals surface area contributed by atoms with Crippen LogP contribution in [-0.4, -0.2) is 49.6 Å². The van der Waals surface area contributed by atoms with Gasteiger partial charge in [-0.05, 0) is 42.2 Å². The van der Waals surface area contributed by atoms with Crippen molar-refractivity contribution >= 4 is 30.0 Å². The number of benzene rings is 2. The van der Waals surface area contributed by atoms with Crippen LogP contribution >= 0.6 is 12.4 Å². The van der Waals surface area contributed by atoms with Gasteiger partial charge in [0.05, 0.1) is 6.04 Å². The number of nitrogens with one attached hydrogen (secondary N) is 2. The fourth-order valence-electron chi connectivity index (χ4n) is 4.07. The molecule has 4 rings (SSSR count). The Kier molecular flexibility index (Phi) is 7.34. The molecule has 160 valence electrons. The lowest BCUT2D eigenvalue weighted by Gasteiger charge is -2.37. The lowest BCUT2D eigenvalue weighted by molar-refractivity contribution is 0.0634. The van der Waals surface area contributed by atoms with E-state index in [0.29, 0.717) is 25.2 Å². The standard InChI is InChI=1S/C23H28N4O2.ClH/c1-2-17-7-9-18(10-8-17)21-16-24-12-14-27(21)22(28)19-5-3-6-20(15-19)26-13-4-11-25-23(26)29;/h3,5-10,15,21,24H,2,4,11-14,16H2,1H3,(H,25,29);1H. The van der Waals surface area contributed by atoms with Crippen molar-refractivity contribution in [2.24, 2.45) is 0 Å². The number of piperazine rings is 1. The van der Waals surface area contributed by atoms with Gasteiger partial charge in [-0.1, -0.05) is 37.3 Å². The number of aryl methyl sites for hydroxylation is 1. The number of carbonyl (C=O) groups excluding carboxylic acids is 2. The van der Waals surface area contributed by atoms with E-state index in [1.165, 1.54) is 5.56 Å². The first-order valence-corrected chi connectivity index (χ1v) is 10.4. The number of urea groups is 1. The van der Waals surface area contributed by atoms with Gasteiger partial charge in [0.15, 0.2) is 0 Å². The molecule has 7 heteroatoms. The second-order valence-electron chi connectivity index (χ2n) is 7.60. The van der Waals surface area contributed by atoms with Gasteiger partial charge in [-0.3, -0.25) is 9.69 Å². The molecule has 2 aliphatic rings. The fourth-order valence-corrected chi connectivity index (χ4v) is 4.07. The zero-order valence-electron chi connectivity index (χ0n) is 17.3. The molecule has 0 spiro atoms. The first-order chi connectivity index (χ1) is 14.2. The predicted molar refractivity (Wildman–Crippen MR) is 122 cm³/mol. The highest BCUT2D eigenvalue weighted by molar-refractivity contribution is 5.98. The molecule has 2 aromatic rings. The minimum absolute atomic E-state index is 0. The van der Waals surface area contributed by atoms with Gasteiger partial charge < -0.3 is 15.5 Å². The summed E-state index contributed by atoms with van der Waals surface area (Å²) in [6, 6.07) is 15.9. The molecule has 0 aromatic heterocycles. The molecule has 2 aromatic carbocycles. The van der Waals surface area contributed by atoms with Crippen molar-refractivity contribution in [1.29, 1.82) is 0 Å². The number of nitrogens with zero attached hydrogens (tertiary/aromatic N) is 2. The van der Waals surface area contributed by atoms with Crippen LogP contribution in [0.4, 0.5) is 10.5 Å². The Morgan fingerprint density at radius 3 is 2.63 bits per heavy atom. The van der Waals surface area contributed by atoms with Crippen LogP contribution in [0.15, 0.2) is 48.5 Å². The number of amides is 3. The summed E-state index contributed by atoms with van der Waals surface area (Å²) >= 11 is 0. The van der Waals surface area contributed by atoms with Crippen LogP contribution < -0.4 is 15.5 Å². The van der Waals surface area contributed by atoms with Crippen LogP contribution in [0.1, 0.15) is 40.9 Å². The van der Waals surface area contributed by atoms with E-state index in [-0.39, 0.29) is 30.4 Å². The molecule has 0 radical (unpaired) electrons. The fraction of sp³-hybridized carbons (Fsp3) is 0.391. The third kappa shape index (κ3) is 4.60. The van der Waals surface area contributed by atoms with Crippen LogP contribution in [0.3, 0.4) is 0 Å². The maximum absolute atomic E-state index is 13.4. The zero-order valence-corrected chi connectivity index (χ0v) is 18.1. The Balaban J connectivity index is 0.00000256. The predicted octanol–water partition coefficient (Wildman–Crippen LogP) is 3.38. The van der Waals surface area contributed by atoms with Crippen molar-refractivity contribution in [1.82, 2.24) is 15.5 Å².